The molecule has 0 atom stereocenters. The van der Waals surface area contributed by atoms with E-state index in [1.54, 1.807) is 19.5 Å². The van der Waals surface area contributed by atoms with E-state index in [0.29, 0.717) is 11.5 Å². The summed E-state index contributed by atoms with van der Waals surface area (Å²) >= 11 is 0. The van der Waals surface area contributed by atoms with Crippen LogP contribution in [-0.2, 0) is 9.31 Å². The quantitative estimate of drug-likeness (QED) is 0.793. The van der Waals surface area contributed by atoms with Crippen molar-refractivity contribution in [3.05, 3.63) is 12.4 Å². The van der Waals surface area contributed by atoms with E-state index in [-0.39, 0.29) is 6.10 Å². The van der Waals surface area contributed by atoms with Crippen LogP contribution >= 0.6 is 0 Å². The fourth-order valence-corrected chi connectivity index (χ4v) is 2.25. The average Bonchev–Trinajstić information content (AvgIpc) is 3.17. The molecule has 6 heteroatoms. The topological polar surface area (TPSA) is 49.8 Å². The van der Waals surface area contributed by atoms with E-state index < -0.39 is 18.3 Å². The molecule has 0 spiro atoms. The first kappa shape index (κ1) is 14.7. The van der Waals surface area contributed by atoms with Gasteiger partial charge in [-0.05, 0) is 40.5 Å². The number of rotatable bonds is 4. The van der Waals surface area contributed by atoms with Crippen molar-refractivity contribution in [2.45, 2.75) is 57.8 Å². The minimum absolute atomic E-state index is 0.278. The van der Waals surface area contributed by atoms with Crippen molar-refractivity contribution in [1.82, 2.24) is 4.98 Å². The molecule has 5 nitrogen and oxygen atoms in total. The van der Waals surface area contributed by atoms with Crippen LogP contribution in [0.4, 0.5) is 0 Å². The molecule has 0 N–H and O–H groups in total. The zero-order chi connectivity index (χ0) is 15.3. The van der Waals surface area contributed by atoms with Gasteiger partial charge in [-0.15, -0.1) is 0 Å². The molecule has 1 saturated carbocycles. The molecule has 0 unspecified atom stereocenters. The lowest BCUT2D eigenvalue weighted by molar-refractivity contribution is 0.00578. The molecule has 0 bridgehead atoms. The second-order valence-corrected chi connectivity index (χ2v) is 6.66. The van der Waals surface area contributed by atoms with Gasteiger partial charge < -0.3 is 18.8 Å². The summed E-state index contributed by atoms with van der Waals surface area (Å²) in [5, 5.41) is 0. The number of methoxy groups -OCH3 is 1. The van der Waals surface area contributed by atoms with E-state index in [0.717, 1.165) is 18.3 Å². The fraction of sp³-hybridized carbons (Fsp3) is 0.667. The molecule has 114 valence electrons. The van der Waals surface area contributed by atoms with Gasteiger partial charge in [-0.2, -0.15) is 0 Å². The number of aromatic nitrogens is 1. The lowest BCUT2D eigenvalue weighted by Gasteiger charge is -2.32. The van der Waals surface area contributed by atoms with E-state index in [4.69, 9.17) is 18.8 Å². The second kappa shape index (κ2) is 4.88. The molecule has 0 radical (unpaired) electrons. The lowest BCUT2D eigenvalue weighted by atomic mass is 9.78. The van der Waals surface area contributed by atoms with Crippen molar-refractivity contribution < 1.29 is 18.8 Å². The zero-order valence-electron chi connectivity index (χ0n) is 13.3. The first-order chi connectivity index (χ1) is 9.84. The van der Waals surface area contributed by atoms with Crippen LogP contribution < -0.4 is 14.9 Å². The van der Waals surface area contributed by atoms with E-state index in [2.05, 4.69) is 4.98 Å². The van der Waals surface area contributed by atoms with Crippen LogP contribution in [0.2, 0.25) is 0 Å². The lowest BCUT2D eigenvalue weighted by Crippen LogP contribution is -2.41. The van der Waals surface area contributed by atoms with Crippen molar-refractivity contribution in [2.24, 2.45) is 0 Å². The van der Waals surface area contributed by atoms with E-state index in [1.807, 2.05) is 27.7 Å². The number of hydrogen-bond donors (Lipinski definition) is 0. The summed E-state index contributed by atoms with van der Waals surface area (Å²) < 4.78 is 23.6. The largest absolute Gasteiger partial charge is 0.502 e. The molecule has 2 heterocycles. The van der Waals surface area contributed by atoms with Gasteiger partial charge in [0.05, 0.1) is 42.3 Å². The van der Waals surface area contributed by atoms with Gasteiger partial charge in [0.15, 0.2) is 0 Å². The van der Waals surface area contributed by atoms with Crippen molar-refractivity contribution in [2.75, 3.05) is 7.11 Å². The highest BCUT2D eigenvalue weighted by Crippen LogP contribution is 2.38. The van der Waals surface area contributed by atoms with Crippen LogP contribution in [-0.4, -0.2) is 36.5 Å². The Morgan fingerprint density at radius 2 is 1.67 bits per heavy atom. The molecule has 0 amide bonds. The van der Waals surface area contributed by atoms with Gasteiger partial charge in [0.1, 0.15) is 11.5 Å². The molecule has 1 aliphatic heterocycles. The van der Waals surface area contributed by atoms with E-state index in [1.165, 1.54) is 0 Å². The average molecular weight is 291 g/mol. The predicted molar refractivity (Wildman–Crippen MR) is 80.2 cm³/mol. The van der Waals surface area contributed by atoms with Crippen molar-refractivity contribution >= 4 is 12.6 Å². The van der Waals surface area contributed by atoms with Gasteiger partial charge in [-0.25, -0.2) is 0 Å². The normalized spacial score (nSPS) is 23.2. The zero-order valence-corrected chi connectivity index (χ0v) is 13.3. The van der Waals surface area contributed by atoms with Crippen LogP contribution in [0.25, 0.3) is 0 Å². The summed E-state index contributed by atoms with van der Waals surface area (Å²) in [6, 6.07) is 0. The Morgan fingerprint density at radius 1 is 1.10 bits per heavy atom. The highest BCUT2D eigenvalue weighted by Gasteiger charge is 2.53. The number of ether oxygens (including phenoxy) is 2. The second-order valence-electron chi connectivity index (χ2n) is 6.66. The van der Waals surface area contributed by atoms with Gasteiger partial charge in [0, 0.05) is 0 Å². The Bertz CT molecular complexity index is 526. The molecule has 2 fully saturated rings. The molecule has 21 heavy (non-hydrogen) atoms. The number of hydrogen-bond acceptors (Lipinski definition) is 5. The predicted octanol–water partition coefficient (Wildman–Crippen LogP) is 1.93. The maximum Gasteiger partial charge on any atom is 0.502 e. The van der Waals surface area contributed by atoms with Crippen molar-refractivity contribution in [3.8, 4) is 11.5 Å². The SMILES string of the molecule is COc1cncc(OC2CC2)c1B1OC(C)(C)C(C)(C)O1. The summed E-state index contributed by atoms with van der Waals surface area (Å²) in [5.74, 6) is 1.32. The molecule has 1 aliphatic carbocycles. The summed E-state index contributed by atoms with van der Waals surface area (Å²) in [4.78, 5) is 4.18. The first-order valence-electron chi connectivity index (χ1n) is 7.38. The highest BCUT2D eigenvalue weighted by molar-refractivity contribution is 6.64. The molecular weight excluding hydrogens is 269 g/mol. The van der Waals surface area contributed by atoms with Crippen LogP contribution in [0, 0.1) is 0 Å². The smallest absolute Gasteiger partial charge is 0.495 e. The monoisotopic (exact) mass is 291 g/mol. The van der Waals surface area contributed by atoms with Crippen LogP contribution in [0.15, 0.2) is 12.4 Å². The van der Waals surface area contributed by atoms with Crippen molar-refractivity contribution in [3.63, 3.8) is 0 Å². The van der Waals surface area contributed by atoms with Gasteiger partial charge in [-0.3, -0.25) is 4.98 Å². The standard InChI is InChI=1S/C15H22BNO4/c1-14(2)15(3,4)21-16(20-14)13-11(18-5)8-17-9-12(13)19-10-6-7-10/h8-10H,6-7H2,1-5H3. The highest BCUT2D eigenvalue weighted by atomic mass is 16.7. The van der Waals surface area contributed by atoms with Gasteiger partial charge in [0.2, 0.25) is 0 Å². The third kappa shape index (κ3) is 2.62. The van der Waals surface area contributed by atoms with Gasteiger partial charge in [-0.1, -0.05) is 0 Å². The fourth-order valence-electron chi connectivity index (χ4n) is 2.25. The molecule has 0 aromatic carbocycles. The molecule has 2 aliphatic rings. The molecule has 3 rings (SSSR count). The Balaban J connectivity index is 1.97. The number of pyridine rings is 1. The van der Waals surface area contributed by atoms with Gasteiger partial charge in [0.25, 0.3) is 0 Å². The Labute approximate surface area is 126 Å². The Morgan fingerprint density at radius 3 is 2.19 bits per heavy atom. The Kier molecular flexibility index (Phi) is 3.41. The maximum atomic E-state index is 6.13. The minimum Gasteiger partial charge on any atom is -0.495 e. The molecule has 1 saturated heterocycles. The summed E-state index contributed by atoms with van der Waals surface area (Å²) in [6.07, 6.45) is 5.82. The molecule has 1 aromatic rings. The van der Waals surface area contributed by atoms with Crippen LogP contribution in [0.3, 0.4) is 0 Å². The van der Waals surface area contributed by atoms with Crippen molar-refractivity contribution in [1.29, 1.82) is 0 Å². The maximum absolute atomic E-state index is 6.13. The minimum atomic E-state index is -0.512. The van der Waals surface area contributed by atoms with E-state index >= 15 is 0 Å². The summed E-state index contributed by atoms with van der Waals surface area (Å²) in [6.45, 7) is 8.12. The van der Waals surface area contributed by atoms with Gasteiger partial charge >= 0.3 is 7.12 Å². The van der Waals surface area contributed by atoms with Crippen LogP contribution in [0.5, 0.6) is 11.5 Å². The third-order valence-electron chi connectivity index (χ3n) is 4.44. The summed E-state index contributed by atoms with van der Waals surface area (Å²) in [7, 11) is 1.11. The molecular formula is C15H22BNO4. The Hall–Kier alpha value is -1.27. The third-order valence-corrected chi connectivity index (χ3v) is 4.44. The molecule has 1 aromatic heterocycles. The van der Waals surface area contributed by atoms with Crippen LogP contribution in [0.1, 0.15) is 40.5 Å². The summed E-state index contributed by atoms with van der Waals surface area (Å²) in [5.41, 5.74) is -0.0101. The van der Waals surface area contributed by atoms with E-state index in [9.17, 15) is 0 Å². The first-order valence-corrected chi connectivity index (χ1v) is 7.38. The number of nitrogens with zero attached hydrogens (tertiary/aromatic N) is 1.